The van der Waals surface area contributed by atoms with E-state index < -0.39 is 0 Å². The van der Waals surface area contributed by atoms with Gasteiger partial charge < -0.3 is 19.4 Å². The second-order valence-electron chi connectivity index (χ2n) is 7.16. The Morgan fingerprint density at radius 3 is 2.50 bits per heavy atom. The van der Waals surface area contributed by atoms with Crippen molar-refractivity contribution in [2.45, 2.75) is 19.9 Å². The van der Waals surface area contributed by atoms with Crippen LogP contribution in [-0.2, 0) is 4.79 Å². The minimum atomic E-state index is -0.124. The van der Waals surface area contributed by atoms with Crippen molar-refractivity contribution < 1.29 is 13.9 Å². The van der Waals surface area contributed by atoms with E-state index in [0.717, 1.165) is 49.0 Å². The van der Waals surface area contributed by atoms with Crippen molar-refractivity contribution in [1.29, 1.82) is 0 Å². The number of nitrogens with one attached hydrogen (secondary N) is 1. The second-order valence-corrected chi connectivity index (χ2v) is 7.16. The van der Waals surface area contributed by atoms with Crippen molar-refractivity contribution in [3.05, 3.63) is 53.5 Å². The van der Waals surface area contributed by atoms with Gasteiger partial charge in [-0.3, -0.25) is 9.69 Å². The predicted molar refractivity (Wildman–Crippen MR) is 112 cm³/mol. The molecule has 6 nitrogen and oxygen atoms in total. The van der Waals surface area contributed by atoms with Gasteiger partial charge in [-0.1, -0.05) is 18.2 Å². The summed E-state index contributed by atoms with van der Waals surface area (Å²) in [5.74, 6) is 2.40. The first-order chi connectivity index (χ1) is 13.0. The number of likely N-dealkylation sites (N-methyl/N-ethyl adjacent to an activating group) is 1. The SMILES string of the molecule is Cc1ccc(C(CNC(=O)COc2ccccc2C)N2CCN(C)CC2)o1.Cl. The highest BCUT2D eigenvalue weighted by Crippen LogP contribution is 2.23. The summed E-state index contributed by atoms with van der Waals surface area (Å²) in [6.07, 6.45) is 0. The molecule has 1 fully saturated rings. The maximum Gasteiger partial charge on any atom is 0.258 e. The number of rotatable bonds is 7. The smallest absolute Gasteiger partial charge is 0.258 e. The highest BCUT2D eigenvalue weighted by Gasteiger charge is 2.26. The van der Waals surface area contributed by atoms with Crippen LogP contribution in [0.3, 0.4) is 0 Å². The van der Waals surface area contributed by atoms with Crippen molar-refractivity contribution in [3.63, 3.8) is 0 Å². The monoisotopic (exact) mass is 407 g/mol. The number of furan rings is 1. The molecule has 2 heterocycles. The molecule has 0 spiro atoms. The lowest BCUT2D eigenvalue weighted by atomic mass is 10.1. The number of nitrogens with zero attached hydrogens (tertiary/aromatic N) is 2. The van der Waals surface area contributed by atoms with Crippen LogP contribution >= 0.6 is 12.4 Å². The van der Waals surface area contributed by atoms with Crippen LogP contribution in [0.5, 0.6) is 5.75 Å². The molecule has 1 amide bonds. The van der Waals surface area contributed by atoms with Gasteiger partial charge in [0.25, 0.3) is 5.91 Å². The summed E-state index contributed by atoms with van der Waals surface area (Å²) < 4.78 is 11.5. The Morgan fingerprint density at radius 1 is 1.14 bits per heavy atom. The van der Waals surface area contributed by atoms with Crippen LogP contribution in [0.4, 0.5) is 0 Å². The maximum atomic E-state index is 12.3. The molecule has 1 N–H and O–H groups in total. The number of carbonyl (C=O) groups excluding carboxylic acids is 1. The van der Waals surface area contributed by atoms with E-state index in [9.17, 15) is 4.79 Å². The van der Waals surface area contributed by atoms with Gasteiger partial charge in [-0.2, -0.15) is 0 Å². The van der Waals surface area contributed by atoms with Crippen LogP contribution in [0.25, 0.3) is 0 Å². The summed E-state index contributed by atoms with van der Waals surface area (Å²) in [5, 5.41) is 3.01. The van der Waals surface area contributed by atoms with Gasteiger partial charge in [0.1, 0.15) is 17.3 Å². The lowest BCUT2D eigenvalue weighted by Crippen LogP contribution is -2.48. The Balaban J connectivity index is 0.00000280. The first-order valence-electron chi connectivity index (χ1n) is 9.47. The molecule has 0 radical (unpaired) electrons. The predicted octanol–water partition coefficient (Wildman–Crippen LogP) is 2.80. The van der Waals surface area contributed by atoms with Gasteiger partial charge in [0.15, 0.2) is 6.61 Å². The fourth-order valence-electron chi connectivity index (χ4n) is 3.30. The number of piperazine rings is 1. The molecule has 1 aliphatic rings. The molecule has 1 aromatic heterocycles. The molecule has 1 aromatic carbocycles. The Labute approximate surface area is 173 Å². The fourth-order valence-corrected chi connectivity index (χ4v) is 3.30. The Kier molecular flexibility index (Phi) is 8.35. The van der Waals surface area contributed by atoms with Gasteiger partial charge >= 0.3 is 0 Å². The molecule has 1 unspecified atom stereocenters. The van der Waals surface area contributed by atoms with Gasteiger partial charge in [-0.15, -0.1) is 12.4 Å². The minimum absolute atomic E-state index is 0. The standard InChI is InChI=1S/C21H29N3O3.ClH/c1-16-6-4-5-7-19(16)26-15-21(25)22-14-18(20-9-8-17(2)27-20)24-12-10-23(3)11-13-24;/h4-9,18H,10-15H2,1-3H3,(H,22,25);1H. The van der Waals surface area contributed by atoms with Crippen LogP contribution < -0.4 is 10.1 Å². The summed E-state index contributed by atoms with van der Waals surface area (Å²) in [7, 11) is 2.13. The summed E-state index contributed by atoms with van der Waals surface area (Å²) in [6, 6.07) is 11.7. The van der Waals surface area contributed by atoms with E-state index >= 15 is 0 Å². The molecule has 0 bridgehead atoms. The van der Waals surface area contributed by atoms with Crippen molar-refractivity contribution in [3.8, 4) is 5.75 Å². The van der Waals surface area contributed by atoms with Crippen LogP contribution in [0.1, 0.15) is 23.1 Å². The summed E-state index contributed by atoms with van der Waals surface area (Å²) in [5.41, 5.74) is 1.02. The number of ether oxygens (including phenoxy) is 1. The van der Waals surface area contributed by atoms with Crippen molar-refractivity contribution in [2.75, 3.05) is 46.4 Å². The highest BCUT2D eigenvalue weighted by molar-refractivity contribution is 5.85. The molecule has 0 aliphatic carbocycles. The molecule has 1 saturated heterocycles. The topological polar surface area (TPSA) is 58.0 Å². The van der Waals surface area contributed by atoms with Crippen LogP contribution in [0.2, 0.25) is 0 Å². The van der Waals surface area contributed by atoms with Crippen molar-refractivity contribution in [2.24, 2.45) is 0 Å². The quantitative estimate of drug-likeness (QED) is 0.764. The van der Waals surface area contributed by atoms with E-state index in [0.29, 0.717) is 6.54 Å². The van der Waals surface area contributed by atoms with Gasteiger partial charge in [-0.25, -0.2) is 0 Å². The fraction of sp³-hybridized carbons (Fsp3) is 0.476. The number of aryl methyl sites for hydroxylation is 2. The zero-order valence-corrected chi connectivity index (χ0v) is 17.6. The Bertz CT molecular complexity index is 757. The lowest BCUT2D eigenvalue weighted by molar-refractivity contribution is -0.123. The number of halogens is 1. The molecule has 28 heavy (non-hydrogen) atoms. The molecule has 0 saturated carbocycles. The molecule has 3 rings (SSSR count). The summed E-state index contributed by atoms with van der Waals surface area (Å²) in [4.78, 5) is 17.0. The zero-order chi connectivity index (χ0) is 19.2. The van der Waals surface area contributed by atoms with E-state index in [-0.39, 0.29) is 31.0 Å². The summed E-state index contributed by atoms with van der Waals surface area (Å²) >= 11 is 0. The largest absolute Gasteiger partial charge is 0.484 e. The van der Waals surface area contributed by atoms with E-state index in [4.69, 9.17) is 9.15 Å². The third-order valence-corrected chi connectivity index (χ3v) is 5.01. The van der Waals surface area contributed by atoms with Gasteiger partial charge in [-0.05, 0) is 44.7 Å². The molecule has 1 aliphatic heterocycles. The summed E-state index contributed by atoms with van der Waals surface area (Å²) in [6.45, 7) is 8.37. The van der Waals surface area contributed by atoms with Gasteiger partial charge in [0, 0.05) is 32.7 Å². The Hall–Kier alpha value is -2.02. The molecular formula is C21H30ClN3O3. The second kappa shape index (κ2) is 10.5. The number of hydrogen-bond donors (Lipinski definition) is 1. The first-order valence-corrected chi connectivity index (χ1v) is 9.47. The van der Waals surface area contributed by atoms with Crippen LogP contribution in [-0.4, -0.2) is 62.1 Å². The van der Waals surface area contributed by atoms with E-state index in [1.54, 1.807) is 0 Å². The normalized spacial score (nSPS) is 16.2. The van der Waals surface area contributed by atoms with Gasteiger partial charge in [0.05, 0.1) is 6.04 Å². The van der Waals surface area contributed by atoms with Crippen LogP contribution in [0, 0.1) is 13.8 Å². The number of amides is 1. The zero-order valence-electron chi connectivity index (χ0n) is 16.8. The minimum Gasteiger partial charge on any atom is -0.484 e. The number of hydrogen-bond acceptors (Lipinski definition) is 5. The third kappa shape index (κ3) is 5.99. The molecule has 7 heteroatoms. The van der Waals surface area contributed by atoms with E-state index in [1.165, 1.54) is 0 Å². The average Bonchev–Trinajstić information content (AvgIpc) is 3.09. The van der Waals surface area contributed by atoms with E-state index in [2.05, 4.69) is 22.2 Å². The molecular weight excluding hydrogens is 378 g/mol. The molecule has 2 aromatic rings. The number of benzene rings is 1. The number of para-hydroxylation sites is 1. The molecule has 154 valence electrons. The molecule has 1 atom stereocenters. The van der Waals surface area contributed by atoms with Crippen molar-refractivity contribution in [1.82, 2.24) is 15.1 Å². The average molecular weight is 408 g/mol. The van der Waals surface area contributed by atoms with Gasteiger partial charge in [0.2, 0.25) is 0 Å². The number of carbonyl (C=O) groups is 1. The van der Waals surface area contributed by atoms with E-state index in [1.807, 2.05) is 50.2 Å². The maximum absolute atomic E-state index is 12.3. The lowest BCUT2D eigenvalue weighted by Gasteiger charge is -2.37. The van der Waals surface area contributed by atoms with Crippen molar-refractivity contribution >= 4 is 18.3 Å². The third-order valence-electron chi connectivity index (χ3n) is 5.01. The highest BCUT2D eigenvalue weighted by atomic mass is 35.5. The van der Waals surface area contributed by atoms with Crippen LogP contribution in [0.15, 0.2) is 40.8 Å². The Morgan fingerprint density at radius 2 is 1.86 bits per heavy atom. The first kappa shape index (κ1) is 22.3.